The number of hydrogen-bond acceptors (Lipinski definition) is 5. The van der Waals surface area contributed by atoms with Crippen LogP contribution in [0.3, 0.4) is 0 Å². The van der Waals surface area contributed by atoms with E-state index in [1.54, 1.807) is 6.07 Å². The molecule has 0 aromatic heterocycles. The molecule has 1 heterocycles. The van der Waals surface area contributed by atoms with E-state index in [-0.39, 0.29) is 6.04 Å². The van der Waals surface area contributed by atoms with Crippen LogP contribution in [-0.4, -0.2) is 49.6 Å². The van der Waals surface area contributed by atoms with Gasteiger partial charge in [0.1, 0.15) is 0 Å². The number of carbonyl (C=O) groups is 1. The lowest BCUT2D eigenvalue weighted by Crippen LogP contribution is -2.53. The summed E-state index contributed by atoms with van der Waals surface area (Å²) in [5, 5.41) is 3.49. The van der Waals surface area contributed by atoms with Crippen LogP contribution in [0.2, 0.25) is 0 Å². The van der Waals surface area contributed by atoms with Crippen LogP contribution < -0.4 is 21.7 Å². The highest BCUT2D eigenvalue weighted by Gasteiger charge is 2.24. The van der Waals surface area contributed by atoms with Gasteiger partial charge >= 0.3 is 0 Å². The van der Waals surface area contributed by atoms with Crippen molar-refractivity contribution in [1.29, 1.82) is 0 Å². The average Bonchev–Trinajstić information content (AvgIpc) is 2.84. The standard InChI is InChI=1S/C26H31N5O/c27-21-12-10-20(11-13-21)18-23(19-29-25-9-5-4-8-24(25)26(28)32)31-16-14-30(15-17-31)22-6-2-1-3-7-22/h1-13,23,29H,14-19,27H2,(H2,28,32). The van der Waals surface area contributed by atoms with Crippen LogP contribution >= 0.6 is 0 Å². The van der Waals surface area contributed by atoms with E-state index in [1.165, 1.54) is 11.3 Å². The van der Waals surface area contributed by atoms with Gasteiger partial charge in [0.15, 0.2) is 0 Å². The molecule has 0 spiro atoms. The zero-order chi connectivity index (χ0) is 22.3. The third kappa shape index (κ3) is 5.39. The molecule has 1 fully saturated rings. The number of primary amides is 1. The number of anilines is 3. The van der Waals surface area contributed by atoms with E-state index in [0.717, 1.165) is 50.5 Å². The summed E-state index contributed by atoms with van der Waals surface area (Å²) in [6, 6.07) is 26.4. The predicted molar refractivity (Wildman–Crippen MR) is 132 cm³/mol. The molecule has 3 aromatic rings. The highest BCUT2D eigenvalue weighted by Crippen LogP contribution is 2.20. The summed E-state index contributed by atoms with van der Waals surface area (Å²) in [4.78, 5) is 16.8. The number of nitrogens with zero attached hydrogens (tertiary/aromatic N) is 2. The Morgan fingerprint density at radius 1 is 0.875 bits per heavy atom. The number of hydrogen-bond donors (Lipinski definition) is 3. The minimum atomic E-state index is -0.417. The topological polar surface area (TPSA) is 87.6 Å². The summed E-state index contributed by atoms with van der Waals surface area (Å²) < 4.78 is 0. The molecule has 0 aliphatic carbocycles. The first kappa shape index (κ1) is 21.7. The van der Waals surface area contributed by atoms with E-state index < -0.39 is 5.91 Å². The number of nitrogens with one attached hydrogen (secondary N) is 1. The normalized spacial score (nSPS) is 15.3. The minimum Gasteiger partial charge on any atom is -0.399 e. The number of amides is 1. The smallest absolute Gasteiger partial charge is 0.250 e. The van der Waals surface area contributed by atoms with Crippen molar-refractivity contribution in [2.75, 3.05) is 48.7 Å². The van der Waals surface area contributed by atoms with E-state index in [4.69, 9.17) is 11.5 Å². The number of nitrogen functional groups attached to an aromatic ring is 1. The molecule has 6 nitrogen and oxygen atoms in total. The van der Waals surface area contributed by atoms with Crippen LogP contribution in [0.15, 0.2) is 78.9 Å². The summed E-state index contributed by atoms with van der Waals surface area (Å²) in [5.41, 5.74) is 16.0. The molecule has 32 heavy (non-hydrogen) atoms. The van der Waals surface area contributed by atoms with Gasteiger partial charge in [-0.25, -0.2) is 0 Å². The lowest BCUT2D eigenvalue weighted by Gasteiger charge is -2.40. The van der Waals surface area contributed by atoms with Gasteiger partial charge in [-0.05, 0) is 48.4 Å². The number of piperazine rings is 1. The van der Waals surface area contributed by atoms with Gasteiger partial charge in [0.2, 0.25) is 0 Å². The fourth-order valence-electron chi connectivity index (χ4n) is 4.32. The Bertz CT molecular complexity index is 1010. The van der Waals surface area contributed by atoms with E-state index >= 15 is 0 Å². The summed E-state index contributed by atoms with van der Waals surface area (Å²) >= 11 is 0. The van der Waals surface area contributed by atoms with Gasteiger partial charge in [-0.15, -0.1) is 0 Å². The third-order valence-corrected chi connectivity index (χ3v) is 6.12. The summed E-state index contributed by atoms with van der Waals surface area (Å²) in [7, 11) is 0. The Morgan fingerprint density at radius 3 is 2.22 bits per heavy atom. The van der Waals surface area contributed by atoms with Crippen molar-refractivity contribution in [3.8, 4) is 0 Å². The van der Waals surface area contributed by atoms with Crippen molar-refractivity contribution in [3.05, 3.63) is 90.0 Å². The molecular formula is C26H31N5O. The lowest BCUT2D eigenvalue weighted by molar-refractivity contribution is 0.100. The maximum atomic E-state index is 11.8. The molecule has 1 amide bonds. The van der Waals surface area contributed by atoms with E-state index in [0.29, 0.717) is 5.56 Å². The Labute approximate surface area is 189 Å². The monoisotopic (exact) mass is 429 g/mol. The molecule has 1 aliphatic heterocycles. The van der Waals surface area contributed by atoms with Crippen molar-refractivity contribution in [1.82, 2.24) is 4.90 Å². The number of carbonyl (C=O) groups excluding carboxylic acids is 1. The Hall–Kier alpha value is -3.51. The second-order valence-electron chi connectivity index (χ2n) is 8.25. The highest BCUT2D eigenvalue weighted by atomic mass is 16.1. The molecule has 3 aromatic carbocycles. The van der Waals surface area contributed by atoms with Gasteiger partial charge in [0.25, 0.3) is 5.91 Å². The molecule has 0 radical (unpaired) electrons. The first-order valence-corrected chi connectivity index (χ1v) is 11.1. The van der Waals surface area contributed by atoms with E-state index in [1.807, 2.05) is 30.3 Å². The van der Waals surface area contributed by atoms with Crippen LogP contribution in [0.4, 0.5) is 17.1 Å². The molecule has 1 saturated heterocycles. The lowest BCUT2D eigenvalue weighted by atomic mass is 10.0. The van der Waals surface area contributed by atoms with Gasteiger partial charge in [0.05, 0.1) is 5.56 Å². The van der Waals surface area contributed by atoms with Gasteiger partial charge in [0, 0.05) is 55.8 Å². The largest absolute Gasteiger partial charge is 0.399 e. The van der Waals surface area contributed by atoms with Crippen LogP contribution in [0, 0.1) is 0 Å². The Morgan fingerprint density at radius 2 is 1.53 bits per heavy atom. The number of para-hydroxylation sites is 2. The van der Waals surface area contributed by atoms with Crippen LogP contribution in [0.5, 0.6) is 0 Å². The zero-order valence-corrected chi connectivity index (χ0v) is 18.3. The van der Waals surface area contributed by atoms with Gasteiger partial charge in [-0.3, -0.25) is 9.69 Å². The molecule has 1 aliphatic rings. The first-order chi connectivity index (χ1) is 15.6. The fourth-order valence-corrected chi connectivity index (χ4v) is 4.32. The number of benzene rings is 3. The van der Waals surface area contributed by atoms with Gasteiger partial charge in [-0.2, -0.15) is 0 Å². The molecule has 6 heteroatoms. The van der Waals surface area contributed by atoms with Crippen molar-refractivity contribution < 1.29 is 4.79 Å². The fraction of sp³-hybridized carbons (Fsp3) is 0.269. The molecular weight excluding hydrogens is 398 g/mol. The molecule has 1 unspecified atom stereocenters. The quantitative estimate of drug-likeness (QED) is 0.479. The molecule has 0 bridgehead atoms. The van der Waals surface area contributed by atoms with Gasteiger partial charge in [-0.1, -0.05) is 42.5 Å². The second kappa shape index (κ2) is 10.2. The van der Waals surface area contributed by atoms with Crippen molar-refractivity contribution >= 4 is 23.0 Å². The SMILES string of the molecule is NC(=O)c1ccccc1NCC(Cc1ccc(N)cc1)N1CCN(c2ccccc2)CC1. The maximum Gasteiger partial charge on any atom is 0.250 e. The minimum absolute atomic E-state index is 0.275. The van der Waals surface area contributed by atoms with Crippen molar-refractivity contribution in [3.63, 3.8) is 0 Å². The first-order valence-electron chi connectivity index (χ1n) is 11.1. The van der Waals surface area contributed by atoms with Crippen molar-refractivity contribution in [2.24, 2.45) is 5.73 Å². The predicted octanol–water partition coefficient (Wildman–Crippen LogP) is 3.21. The molecule has 5 N–H and O–H groups in total. The van der Waals surface area contributed by atoms with Crippen LogP contribution in [-0.2, 0) is 6.42 Å². The molecule has 4 rings (SSSR count). The highest BCUT2D eigenvalue weighted by molar-refractivity contribution is 5.98. The van der Waals surface area contributed by atoms with E-state index in [9.17, 15) is 4.79 Å². The third-order valence-electron chi connectivity index (χ3n) is 6.12. The number of nitrogens with two attached hydrogens (primary N) is 2. The average molecular weight is 430 g/mol. The summed E-state index contributed by atoms with van der Waals surface area (Å²) in [5.74, 6) is -0.417. The Balaban J connectivity index is 1.47. The van der Waals surface area contributed by atoms with E-state index in [2.05, 4.69) is 57.6 Å². The molecule has 166 valence electrons. The number of rotatable bonds is 8. The molecule has 1 atom stereocenters. The second-order valence-corrected chi connectivity index (χ2v) is 8.25. The van der Waals surface area contributed by atoms with Crippen LogP contribution in [0.1, 0.15) is 15.9 Å². The summed E-state index contributed by atoms with van der Waals surface area (Å²) in [6.07, 6.45) is 0.900. The van der Waals surface area contributed by atoms with Crippen molar-refractivity contribution in [2.45, 2.75) is 12.5 Å². The zero-order valence-electron chi connectivity index (χ0n) is 18.3. The maximum absolute atomic E-state index is 11.8. The van der Waals surface area contributed by atoms with Gasteiger partial charge < -0.3 is 21.7 Å². The summed E-state index contributed by atoms with van der Waals surface area (Å²) in [6.45, 7) is 4.65. The van der Waals surface area contributed by atoms with Crippen LogP contribution in [0.25, 0.3) is 0 Å². The molecule has 0 saturated carbocycles. The Kier molecular flexibility index (Phi) is 6.92.